The van der Waals surface area contributed by atoms with Gasteiger partial charge in [-0.25, -0.2) is 0 Å². The minimum absolute atomic E-state index is 0.800. The molecule has 0 saturated carbocycles. The van der Waals surface area contributed by atoms with Gasteiger partial charge in [-0.1, -0.05) is 18.0 Å². The van der Waals surface area contributed by atoms with Crippen LogP contribution in [0.2, 0.25) is 0 Å². The molecule has 11 heavy (non-hydrogen) atoms. The smallest absolute Gasteiger partial charge is 0.176 e. The number of rotatable bonds is 2. The molecule has 0 fully saturated rings. The van der Waals surface area contributed by atoms with Crippen LogP contribution >= 0.6 is 0 Å². The van der Waals surface area contributed by atoms with Crippen LogP contribution in [0.3, 0.4) is 0 Å². The number of nitrogens with zero attached hydrogens (tertiary/aromatic N) is 3. The monoisotopic (exact) mass is 147 g/mol. The Kier molecular flexibility index (Phi) is 1.37. The summed E-state index contributed by atoms with van der Waals surface area (Å²) >= 11 is 0. The lowest BCUT2D eigenvalue weighted by atomic mass is 10.6. The molecular formula is C7H7N4-. The first-order valence-electron chi connectivity index (χ1n) is 3.30. The van der Waals surface area contributed by atoms with Crippen molar-refractivity contribution in [3.05, 3.63) is 42.2 Å². The van der Waals surface area contributed by atoms with Crippen molar-refractivity contribution in [1.82, 2.24) is 10.1 Å². The quantitative estimate of drug-likeness (QED) is 0.625. The molecule has 0 unspecified atom stereocenters. The van der Waals surface area contributed by atoms with Gasteiger partial charge in [0, 0.05) is 0 Å². The first kappa shape index (κ1) is 6.03. The highest BCUT2D eigenvalue weighted by Crippen LogP contribution is 2.08. The van der Waals surface area contributed by atoms with Gasteiger partial charge in [-0.15, -0.1) is 6.20 Å². The van der Waals surface area contributed by atoms with Gasteiger partial charge >= 0.3 is 0 Å². The molecule has 4 heteroatoms. The number of aromatic amines is 1. The highest BCUT2D eigenvalue weighted by atomic mass is 15.6. The molecular weight excluding hydrogens is 140 g/mol. The van der Waals surface area contributed by atoms with Gasteiger partial charge in [0.2, 0.25) is 0 Å². The number of nitrogens with one attached hydrogen (secondary N) is 1. The Hall–Kier alpha value is -1.71. The third-order valence-electron chi connectivity index (χ3n) is 1.28. The minimum atomic E-state index is 0.800. The fourth-order valence-corrected chi connectivity index (χ4v) is 0.813. The lowest BCUT2D eigenvalue weighted by molar-refractivity contribution is -0.682. The Labute approximate surface area is 63.8 Å². The average Bonchev–Trinajstić information content (AvgIpc) is 2.60. The molecule has 0 aromatic carbocycles. The Morgan fingerprint density at radius 1 is 1.45 bits per heavy atom. The van der Waals surface area contributed by atoms with E-state index in [1.807, 2.05) is 24.4 Å². The van der Waals surface area contributed by atoms with Crippen molar-refractivity contribution in [3.8, 4) is 0 Å². The number of H-pyrrole nitrogens is 1. The molecule has 0 aliphatic carbocycles. The van der Waals surface area contributed by atoms with E-state index in [2.05, 4.69) is 15.5 Å². The maximum absolute atomic E-state index is 4.11. The van der Waals surface area contributed by atoms with Crippen LogP contribution < -0.4 is 9.89 Å². The fourth-order valence-electron chi connectivity index (χ4n) is 0.813. The Bertz CT molecular complexity index is 263. The second-order valence-corrected chi connectivity index (χ2v) is 2.08. The number of aromatic nitrogens is 3. The molecule has 0 atom stereocenters. The van der Waals surface area contributed by atoms with Crippen molar-refractivity contribution < 1.29 is 4.79 Å². The van der Waals surface area contributed by atoms with Gasteiger partial charge in [0.25, 0.3) is 0 Å². The van der Waals surface area contributed by atoms with E-state index in [0.29, 0.717) is 0 Å². The number of hydrogen-bond donors (Lipinski definition) is 1. The zero-order valence-electron chi connectivity index (χ0n) is 5.81. The minimum Gasteiger partial charge on any atom is -0.507 e. The molecule has 2 aromatic rings. The Morgan fingerprint density at radius 3 is 3.09 bits per heavy atom. The van der Waals surface area contributed by atoms with Crippen LogP contribution in [0.15, 0.2) is 36.8 Å². The van der Waals surface area contributed by atoms with Crippen molar-refractivity contribution in [2.75, 3.05) is 0 Å². The zero-order valence-corrected chi connectivity index (χ0v) is 5.81. The third-order valence-corrected chi connectivity index (χ3v) is 1.28. The lowest BCUT2D eigenvalue weighted by Crippen LogP contribution is -2.30. The number of hydrogen-bond acceptors (Lipinski definition) is 0. The van der Waals surface area contributed by atoms with Crippen LogP contribution in [-0.4, -0.2) is 4.98 Å². The molecule has 0 saturated heterocycles. The van der Waals surface area contributed by atoms with Gasteiger partial charge in [0.1, 0.15) is 0 Å². The van der Waals surface area contributed by atoms with Gasteiger partial charge in [0.05, 0.1) is 0 Å². The summed E-state index contributed by atoms with van der Waals surface area (Å²) in [6.07, 6.45) is 5.29. The van der Waals surface area contributed by atoms with Gasteiger partial charge in [-0.3, -0.25) is 10.5 Å². The summed E-state index contributed by atoms with van der Waals surface area (Å²) in [6.45, 7) is 0. The highest BCUT2D eigenvalue weighted by molar-refractivity contribution is 5.35. The van der Waals surface area contributed by atoms with Crippen LogP contribution in [-0.2, 0) is 0 Å². The first-order chi connectivity index (χ1) is 5.45. The van der Waals surface area contributed by atoms with E-state index < -0.39 is 0 Å². The standard InChI is InChI=1S/C7H7N4/c1-3-7(8-4-1)10-11-6-2-5-9-11/h1-6,8H/q-1. The zero-order chi connectivity index (χ0) is 7.52. The largest absolute Gasteiger partial charge is 0.507 e. The molecule has 4 nitrogen and oxygen atoms in total. The first-order valence-corrected chi connectivity index (χ1v) is 3.30. The van der Waals surface area contributed by atoms with Gasteiger partial charge in [0.15, 0.2) is 6.20 Å². The van der Waals surface area contributed by atoms with E-state index in [-0.39, 0.29) is 0 Å². The summed E-state index contributed by atoms with van der Waals surface area (Å²) in [5, 5.41) is 3.92. The van der Waals surface area contributed by atoms with E-state index >= 15 is 0 Å². The molecule has 56 valence electrons. The maximum Gasteiger partial charge on any atom is 0.176 e. The molecule has 0 bridgehead atoms. The molecule has 0 aliphatic heterocycles. The Balaban J connectivity index is 2.14. The van der Waals surface area contributed by atoms with E-state index in [9.17, 15) is 0 Å². The molecule has 2 aromatic heterocycles. The molecule has 0 amide bonds. The van der Waals surface area contributed by atoms with Crippen LogP contribution in [0.4, 0.5) is 5.82 Å². The summed E-state index contributed by atoms with van der Waals surface area (Å²) in [5.74, 6) is 0.800. The van der Waals surface area contributed by atoms with E-state index in [1.54, 1.807) is 12.4 Å². The van der Waals surface area contributed by atoms with Crippen LogP contribution in [0, 0.1) is 0 Å². The molecule has 2 heterocycles. The van der Waals surface area contributed by atoms with E-state index in [1.165, 1.54) is 4.79 Å². The van der Waals surface area contributed by atoms with Gasteiger partial charge in [-0.05, 0) is 12.3 Å². The van der Waals surface area contributed by atoms with Crippen LogP contribution in [0.25, 0.3) is 5.43 Å². The second kappa shape index (κ2) is 2.49. The molecule has 2 rings (SSSR count). The van der Waals surface area contributed by atoms with Crippen molar-refractivity contribution >= 4 is 5.82 Å². The summed E-state index contributed by atoms with van der Waals surface area (Å²) < 4.78 is 0. The molecule has 0 radical (unpaired) electrons. The second-order valence-electron chi connectivity index (χ2n) is 2.08. The average molecular weight is 147 g/mol. The normalized spacial score (nSPS) is 9.82. The van der Waals surface area contributed by atoms with Crippen LogP contribution in [0.1, 0.15) is 0 Å². The summed E-state index contributed by atoms with van der Waals surface area (Å²) in [7, 11) is 0. The molecule has 0 aliphatic rings. The Morgan fingerprint density at radius 2 is 2.45 bits per heavy atom. The molecule has 0 spiro atoms. The third kappa shape index (κ3) is 1.24. The SMILES string of the molecule is c1c[nH]c([N-][n+]2ccc[n-]2)c1. The van der Waals surface area contributed by atoms with Gasteiger partial charge in [-0.2, -0.15) is 4.79 Å². The van der Waals surface area contributed by atoms with Crippen molar-refractivity contribution in [2.45, 2.75) is 0 Å². The molecule has 1 N–H and O–H groups in total. The van der Waals surface area contributed by atoms with Crippen molar-refractivity contribution in [1.29, 1.82) is 0 Å². The highest BCUT2D eigenvalue weighted by Gasteiger charge is 1.84. The summed E-state index contributed by atoms with van der Waals surface area (Å²) in [5.41, 5.74) is 4.11. The van der Waals surface area contributed by atoms with E-state index in [0.717, 1.165) is 5.82 Å². The fraction of sp³-hybridized carbons (Fsp3) is 0. The van der Waals surface area contributed by atoms with E-state index in [4.69, 9.17) is 0 Å². The predicted molar refractivity (Wildman–Crippen MR) is 39.2 cm³/mol. The topological polar surface area (TPSA) is 47.9 Å². The van der Waals surface area contributed by atoms with Crippen molar-refractivity contribution in [3.63, 3.8) is 0 Å². The maximum atomic E-state index is 4.11. The summed E-state index contributed by atoms with van der Waals surface area (Å²) in [4.78, 5) is 4.45. The predicted octanol–water partition coefficient (Wildman–Crippen LogP) is 0.728. The lowest BCUT2D eigenvalue weighted by Gasteiger charge is -2.06. The summed E-state index contributed by atoms with van der Waals surface area (Å²) in [6, 6.07) is 5.59. The van der Waals surface area contributed by atoms with Crippen molar-refractivity contribution in [2.24, 2.45) is 0 Å². The van der Waals surface area contributed by atoms with Crippen LogP contribution in [0.5, 0.6) is 0 Å². The van der Waals surface area contributed by atoms with Gasteiger partial charge < -0.3 is 4.98 Å².